The number of carbonyl (C=O) groups is 1. The minimum absolute atomic E-state index is 0.112. The van der Waals surface area contributed by atoms with Crippen LogP contribution in [0.2, 0.25) is 0 Å². The van der Waals surface area contributed by atoms with Crippen molar-refractivity contribution in [3.8, 4) is 5.69 Å². The maximum absolute atomic E-state index is 12.6. The summed E-state index contributed by atoms with van der Waals surface area (Å²) >= 11 is 0. The predicted octanol–water partition coefficient (Wildman–Crippen LogP) is 2.44. The van der Waals surface area contributed by atoms with Crippen molar-refractivity contribution in [2.75, 3.05) is 5.32 Å². The number of hydrogen-bond acceptors (Lipinski definition) is 3. The monoisotopic (exact) mass is 322 g/mol. The van der Waals surface area contributed by atoms with Gasteiger partial charge in [0.1, 0.15) is 0 Å². The van der Waals surface area contributed by atoms with E-state index >= 15 is 0 Å². The van der Waals surface area contributed by atoms with Gasteiger partial charge >= 0.3 is 0 Å². The van der Waals surface area contributed by atoms with Crippen LogP contribution in [0.25, 0.3) is 5.69 Å². The molecule has 0 radical (unpaired) electrons. The van der Waals surface area contributed by atoms with Gasteiger partial charge in [-0.15, -0.1) is 0 Å². The molecule has 0 aliphatic heterocycles. The summed E-state index contributed by atoms with van der Waals surface area (Å²) in [5, 5.41) is 7.15. The van der Waals surface area contributed by atoms with Crippen LogP contribution in [0.15, 0.2) is 53.6 Å². The number of nitrogens with zero attached hydrogens (tertiary/aromatic N) is 3. The third kappa shape index (κ3) is 2.86. The van der Waals surface area contributed by atoms with Crippen molar-refractivity contribution in [2.24, 2.45) is 7.05 Å². The summed E-state index contributed by atoms with van der Waals surface area (Å²) in [6.45, 7) is 3.64. The van der Waals surface area contributed by atoms with Crippen LogP contribution in [-0.4, -0.2) is 20.3 Å². The maximum Gasteiger partial charge on any atom is 0.259 e. The molecule has 0 fully saturated rings. The van der Waals surface area contributed by atoms with E-state index < -0.39 is 0 Å². The van der Waals surface area contributed by atoms with Crippen LogP contribution >= 0.6 is 0 Å². The molecule has 0 aliphatic rings. The van der Waals surface area contributed by atoms with Crippen molar-refractivity contribution in [1.29, 1.82) is 0 Å². The van der Waals surface area contributed by atoms with Crippen molar-refractivity contribution < 1.29 is 4.79 Å². The number of benzene rings is 1. The molecule has 0 bridgehead atoms. The van der Waals surface area contributed by atoms with Gasteiger partial charge in [-0.05, 0) is 31.5 Å². The molecule has 1 aromatic carbocycles. The molecule has 2 aromatic heterocycles. The van der Waals surface area contributed by atoms with E-state index in [4.69, 9.17) is 0 Å². The zero-order valence-electron chi connectivity index (χ0n) is 13.8. The Bertz CT molecular complexity index is 955. The second-order valence-electron chi connectivity index (χ2n) is 5.66. The van der Waals surface area contributed by atoms with E-state index in [-0.39, 0.29) is 11.5 Å². The van der Waals surface area contributed by atoms with Crippen LogP contribution in [0.3, 0.4) is 0 Å². The SMILES string of the molecule is Cc1cc(=O)n(C)cc1NC(=O)c1cnn(-c2ccccc2)c1C. The lowest BCUT2D eigenvalue weighted by Gasteiger charge is -2.10. The molecule has 122 valence electrons. The van der Waals surface area contributed by atoms with Gasteiger partial charge in [0, 0.05) is 19.3 Å². The van der Waals surface area contributed by atoms with Crippen LogP contribution in [0.1, 0.15) is 21.6 Å². The Morgan fingerprint density at radius 1 is 1.17 bits per heavy atom. The Labute approximate surface area is 139 Å². The van der Waals surface area contributed by atoms with E-state index in [1.54, 1.807) is 31.0 Å². The lowest BCUT2D eigenvalue weighted by Crippen LogP contribution is -2.20. The van der Waals surface area contributed by atoms with Gasteiger partial charge in [-0.2, -0.15) is 5.10 Å². The summed E-state index contributed by atoms with van der Waals surface area (Å²) in [5.41, 5.74) is 3.35. The Hall–Kier alpha value is -3.15. The van der Waals surface area contributed by atoms with E-state index in [1.807, 2.05) is 37.3 Å². The van der Waals surface area contributed by atoms with E-state index in [0.717, 1.165) is 16.9 Å². The lowest BCUT2D eigenvalue weighted by molar-refractivity contribution is 0.102. The number of aromatic nitrogens is 3. The molecule has 0 atom stereocenters. The smallest absolute Gasteiger partial charge is 0.259 e. The highest BCUT2D eigenvalue weighted by Crippen LogP contribution is 2.17. The molecule has 1 amide bonds. The van der Waals surface area contributed by atoms with Crippen LogP contribution in [-0.2, 0) is 7.05 Å². The first kappa shape index (κ1) is 15.7. The number of para-hydroxylation sites is 1. The molecule has 24 heavy (non-hydrogen) atoms. The number of anilines is 1. The molecule has 2 heterocycles. The number of nitrogens with one attached hydrogen (secondary N) is 1. The van der Waals surface area contributed by atoms with Crippen molar-refractivity contribution in [1.82, 2.24) is 14.3 Å². The first-order chi connectivity index (χ1) is 11.5. The van der Waals surface area contributed by atoms with Gasteiger partial charge in [0.15, 0.2) is 0 Å². The summed E-state index contributed by atoms with van der Waals surface area (Å²) in [5.74, 6) is -0.253. The molecule has 3 aromatic rings. The highest BCUT2D eigenvalue weighted by molar-refractivity contribution is 6.05. The summed E-state index contributed by atoms with van der Waals surface area (Å²) < 4.78 is 3.16. The third-order valence-electron chi connectivity index (χ3n) is 3.94. The first-order valence-electron chi connectivity index (χ1n) is 7.56. The molecule has 0 unspecified atom stereocenters. The third-order valence-corrected chi connectivity index (χ3v) is 3.94. The largest absolute Gasteiger partial charge is 0.320 e. The Kier molecular flexibility index (Phi) is 4.04. The van der Waals surface area contributed by atoms with Crippen molar-refractivity contribution in [2.45, 2.75) is 13.8 Å². The van der Waals surface area contributed by atoms with E-state index in [9.17, 15) is 9.59 Å². The average molecular weight is 322 g/mol. The van der Waals surface area contributed by atoms with Gasteiger partial charge in [-0.3, -0.25) is 9.59 Å². The summed E-state index contributed by atoms with van der Waals surface area (Å²) in [6.07, 6.45) is 3.17. The quantitative estimate of drug-likeness (QED) is 0.805. The maximum atomic E-state index is 12.6. The van der Waals surface area contributed by atoms with Crippen molar-refractivity contribution in [3.63, 3.8) is 0 Å². The normalized spacial score (nSPS) is 10.6. The molecule has 0 saturated heterocycles. The molecule has 1 N–H and O–H groups in total. The van der Waals surface area contributed by atoms with Gasteiger partial charge in [0.25, 0.3) is 11.5 Å². The number of aryl methyl sites for hydroxylation is 2. The van der Waals surface area contributed by atoms with Crippen molar-refractivity contribution in [3.05, 3.63) is 76.0 Å². The molecule has 0 aliphatic carbocycles. The van der Waals surface area contributed by atoms with Gasteiger partial charge in [-0.1, -0.05) is 18.2 Å². The fourth-order valence-electron chi connectivity index (χ4n) is 2.51. The number of rotatable bonds is 3. The molecule has 6 heteroatoms. The van der Waals surface area contributed by atoms with Crippen LogP contribution in [0.4, 0.5) is 5.69 Å². The highest BCUT2D eigenvalue weighted by atomic mass is 16.2. The number of pyridine rings is 1. The van der Waals surface area contributed by atoms with Crippen LogP contribution < -0.4 is 10.9 Å². The topological polar surface area (TPSA) is 68.9 Å². The van der Waals surface area contributed by atoms with Crippen LogP contribution in [0, 0.1) is 13.8 Å². The predicted molar refractivity (Wildman–Crippen MR) is 92.7 cm³/mol. The molecule has 0 spiro atoms. The molecular weight excluding hydrogens is 304 g/mol. The average Bonchev–Trinajstić information content (AvgIpc) is 2.95. The van der Waals surface area contributed by atoms with Gasteiger partial charge in [0.05, 0.1) is 28.8 Å². The number of hydrogen-bond donors (Lipinski definition) is 1. The van der Waals surface area contributed by atoms with Gasteiger partial charge < -0.3 is 9.88 Å². The Morgan fingerprint density at radius 2 is 1.88 bits per heavy atom. The highest BCUT2D eigenvalue weighted by Gasteiger charge is 2.16. The summed E-state index contributed by atoms with van der Waals surface area (Å²) in [6, 6.07) is 11.1. The fraction of sp³-hybridized carbons (Fsp3) is 0.167. The van der Waals surface area contributed by atoms with Gasteiger partial charge in [-0.25, -0.2) is 4.68 Å². The standard InChI is InChI=1S/C18H18N4O2/c1-12-9-17(23)21(3)11-16(12)20-18(24)15-10-19-22(13(15)2)14-7-5-4-6-8-14/h4-11H,1-3H3,(H,20,24). The second-order valence-corrected chi connectivity index (χ2v) is 5.66. The lowest BCUT2D eigenvalue weighted by atomic mass is 10.2. The van der Waals surface area contributed by atoms with Gasteiger partial charge in [0.2, 0.25) is 0 Å². The minimum Gasteiger partial charge on any atom is -0.320 e. The summed E-state index contributed by atoms with van der Waals surface area (Å²) in [4.78, 5) is 24.2. The Morgan fingerprint density at radius 3 is 2.58 bits per heavy atom. The molecular formula is C18H18N4O2. The zero-order valence-corrected chi connectivity index (χ0v) is 13.8. The minimum atomic E-state index is -0.253. The first-order valence-corrected chi connectivity index (χ1v) is 7.56. The van der Waals surface area contributed by atoms with Crippen LogP contribution in [0.5, 0.6) is 0 Å². The van der Waals surface area contributed by atoms with E-state index in [0.29, 0.717) is 11.3 Å². The molecule has 0 saturated carbocycles. The fourth-order valence-corrected chi connectivity index (χ4v) is 2.51. The summed E-state index contributed by atoms with van der Waals surface area (Å²) in [7, 11) is 1.65. The van der Waals surface area contributed by atoms with E-state index in [2.05, 4.69) is 10.4 Å². The second kappa shape index (κ2) is 6.16. The molecule has 6 nitrogen and oxygen atoms in total. The number of carbonyl (C=O) groups excluding carboxylic acids is 1. The number of amides is 1. The molecule has 3 rings (SSSR count). The van der Waals surface area contributed by atoms with Crippen molar-refractivity contribution >= 4 is 11.6 Å². The van der Waals surface area contributed by atoms with E-state index in [1.165, 1.54) is 10.6 Å². The zero-order chi connectivity index (χ0) is 17.3. The Balaban J connectivity index is 1.91.